The van der Waals surface area contributed by atoms with Crippen molar-refractivity contribution in [3.05, 3.63) is 64.6 Å². The molecule has 1 aromatic carbocycles. The Bertz CT molecular complexity index is 916. The summed E-state index contributed by atoms with van der Waals surface area (Å²) in [7, 11) is 3.17. The Morgan fingerprint density at radius 3 is 2.70 bits per heavy atom. The molecule has 0 radical (unpaired) electrons. The average molecular weight is 309 g/mol. The zero-order chi connectivity index (χ0) is 16.4. The van der Waals surface area contributed by atoms with E-state index >= 15 is 0 Å². The normalized spacial score (nSPS) is 10.5. The predicted molar refractivity (Wildman–Crippen MR) is 88.1 cm³/mol. The van der Waals surface area contributed by atoms with Crippen LogP contribution in [0.15, 0.2) is 53.5 Å². The van der Waals surface area contributed by atoms with Crippen LogP contribution in [0.4, 0.5) is 5.69 Å². The first-order valence-electron chi connectivity index (χ1n) is 7.00. The van der Waals surface area contributed by atoms with Gasteiger partial charge in [0.25, 0.3) is 5.91 Å². The van der Waals surface area contributed by atoms with E-state index in [0.29, 0.717) is 28.0 Å². The number of anilines is 1. The van der Waals surface area contributed by atoms with Gasteiger partial charge >= 0.3 is 0 Å². The number of amides is 1. The molecule has 0 aliphatic carbocycles. The molecule has 0 atom stereocenters. The highest BCUT2D eigenvalue weighted by molar-refractivity contribution is 6.13. The maximum Gasteiger partial charge on any atom is 0.258 e. The van der Waals surface area contributed by atoms with E-state index in [0.717, 1.165) is 0 Å². The van der Waals surface area contributed by atoms with Gasteiger partial charge in [0, 0.05) is 30.1 Å². The van der Waals surface area contributed by atoms with Crippen molar-refractivity contribution in [2.45, 2.75) is 0 Å². The summed E-state index contributed by atoms with van der Waals surface area (Å²) >= 11 is 0. The molecule has 1 amide bonds. The number of H-pyrrole nitrogens is 1. The monoisotopic (exact) mass is 309 g/mol. The summed E-state index contributed by atoms with van der Waals surface area (Å²) in [5.74, 6) is 0.190. The Morgan fingerprint density at radius 1 is 1.22 bits per heavy atom. The summed E-state index contributed by atoms with van der Waals surface area (Å²) in [5.41, 5.74) is 1.28. The van der Waals surface area contributed by atoms with Crippen LogP contribution in [-0.4, -0.2) is 30.0 Å². The van der Waals surface area contributed by atoms with Gasteiger partial charge in [0.05, 0.1) is 24.6 Å². The highest BCUT2D eigenvalue weighted by atomic mass is 16.5. The van der Waals surface area contributed by atoms with Gasteiger partial charge in [-0.05, 0) is 12.1 Å². The third-order valence-electron chi connectivity index (χ3n) is 3.60. The standard InChI is InChI=1S/C17H15N3O3/c1-20(11-7-8-16(23-2)18-10-11)17(22)13-9-15(21)19-14-6-4-3-5-12(13)14/h3-10H,1-2H3,(H,19,21). The number of ether oxygens (including phenoxy) is 1. The fourth-order valence-corrected chi connectivity index (χ4v) is 2.37. The highest BCUT2D eigenvalue weighted by Crippen LogP contribution is 2.20. The topological polar surface area (TPSA) is 75.3 Å². The summed E-state index contributed by atoms with van der Waals surface area (Å²) in [6.45, 7) is 0. The molecule has 3 aromatic rings. The van der Waals surface area contributed by atoms with E-state index in [9.17, 15) is 9.59 Å². The smallest absolute Gasteiger partial charge is 0.258 e. The van der Waals surface area contributed by atoms with E-state index in [-0.39, 0.29) is 11.5 Å². The Balaban J connectivity index is 2.03. The number of nitrogens with one attached hydrogen (secondary N) is 1. The van der Waals surface area contributed by atoms with Gasteiger partial charge in [0.1, 0.15) is 0 Å². The summed E-state index contributed by atoms with van der Waals surface area (Å²) < 4.78 is 5.01. The van der Waals surface area contributed by atoms with Crippen LogP contribution in [0, 0.1) is 0 Å². The minimum Gasteiger partial charge on any atom is -0.481 e. The summed E-state index contributed by atoms with van der Waals surface area (Å²) in [6, 6.07) is 11.9. The Morgan fingerprint density at radius 2 is 2.00 bits per heavy atom. The van der Waals surface area contributed by atoms with Crippen LogP contribution in [0.1, 0.15) is 10.4 Å². The first-order valence-corrected chi connectivity index (χ1v) is 7.00. The van der Waals surface area contributed by atoms with E-state index in [1.807, 2.05) is 12.1 Å². The van der Waals surface area contributed by atoms with Crippen molar-refractivity contribution in [1.29, 1.82) is 0 Å². The van der Waals surface area contributed by atoms with Gasteiger partial charge in [-0.2, -0.15) is 0 Å². The molecule has 23 heavy (non-hydrogen) atoms. The second-order valence-corrected chi connectivity index (χ2v) is 5.02. The number of methoxy groups -OCH3 is 1. The number of nitrogens with zero attached hydrogens (tertiary/aromatic N) is 2. The first kappa shape index (κ1) is 14.8. The summed E-state index contributed by atoms with van der Waals surface area (Å²) in [5, 5.41) is 0.699. The van der Waals surface area contributed by atoms with Crippen molar-refractivity contribution in [3.8, 4) is 5.88 Å². The lowest BCUT2D eigenvalue weighted by atomic mass is 10.1. The lowest BCUT2D eigenvalue weighted by Gasteiger charge is -2.18. The fourth-order valence-electron chi connectivity index (χ4n) is 2.37. The number of hydrogen-bond donors (Lipinski definition) is 1. The van der Waals surface area contributed by atoms with Gasteiger partial charge in [-0.15, -0.1) is 0 Å². The number of fused-ring (bicyclic) bond motifs is 1. The molecule has 116 valence electrons. The van der Waals surface area contributed by atoms with Gasteiger partial charge in [0.2, 0.25) is 11.4 Å². The number of rotatable bonds is 3. The highest BCUT2D eigenvalue weighted by Gasteiger charge is 2.17. The van der Waals surface area contributed by atoms with Crippen molar-refractivity contribution < 1.29 is 9.53 Å². The molecule has 2 heterocycles. The Kier molecular flexibility index (Phi) is 3.80. The molecule has 0 aliphatic rings. The molecule has 0 unspecified atom stereocenters. The predicted octanol–water partition coefficient (Wildman–Crippen LogP) is 2.21. The molecule has 0 saturated carbocycles. The molecule has 1 N–H and O–H groups in total. The minimum atomic E-state index is -0.312. The zero-order valence-electron chi connectivity index (χ0n) is 12.7. The number of para-hydroxylation sites is 1. The van der Waals surface area contributed by atoms with Crippen molar-refractivity contribution in [1.82, 2.24) is 9.97 Å². The number of hydrogen-bond acceptors (Lipinski definition) is 4. The molecule has 2 aromatic heterocycles. The molecule has 0 fully saturated rings. The number of carbonyl (C=O) groups is 1. The number of carbonyl (C=O) groups excluding carboxylic acids is 1. The second-order valence-electron chi connectivity index (χ2n) is 5.02. The molecule has 0 spiro atoms. The van der Waals surface area contributed by atoms with E-state index in [1.165, 1.54) is 18.1 Å². The maximum atomic E-state index is 12.8. The van der Waals surface area contributed by atoms with Gasteiger partial charge in [-0.1, -0.05) is 18.2 Å². The largest absolute Gasteiger partial charge is 0.481 e. The Labute approximate surface area is 132 Å². The first-order chi connectivity index (χ1) is 11.1. The Hall–Kier alpha value is -3.15. The molecule has 0 bridgehead atoms. The lowest BCUT2D eigenvalue weighted by Crippen LogP contribution is -2.27. The van der Waals surface area contributed by atoms with E-state index in [4.69, 9.17) is 4.74 Å². The zero-order valence-corrected chi connectivity index (χ0v) is 12.7. The van der Waals surface area contributed by atoms with Gasteiger partial charge in [-0.25, -0.2) is 4.98 Å². The quantitative estimate of drug-likeness (QED) is 0.805. The van der Waals surface area contributed by atoms with Gasteiger partial charge in [-0.3, -0.25) is 9.59 Å². The third kappa shape index (κ3) is 2.78. The summed E-state index contributed by atoms with van der Waals surface area (Å²) in [6.07, 6.45) is 1.55. The van der Waals surface area contributed by atoms with Crippen LogP contribution in [-0.2, 0) is 0 Å². The lowest BCUT2D eigenvalue weighted by molar-refractivity contribution is 0.0994. The van der Waals surface area contributed by atoms with Crippen LogP contribution in [0.2, 0.25) is 0 Å². The minimum absolute atomic E-state index is 0.278. The molecular weight excluding hydrogens is 294 g/mol. The van der Waals surface area contributed by atoms with Crippen molar-refractivity contribution in [2.24, 2.45) is 0 Å². The second kappa shape index (κ2) is 5.92. The number of aromatic amines is 1. The molecule has 0 aliphatic heterocycles. The van der Waals surface area contributed by atoms with Gasteiger partial charge in [0.15, 0.2) is 0 Å². The molecule has 6 nitrogen and oxygen atoms in total. The SMILES string of the molecule is COc1ccc(N(C)C(=O)c2cc(=O)[nH]c3ccccc23)cn1. The molecular formula is C17H15N3O3. The maximum absolute atomic E-state index is 12.8. The van der Waals surface area contributed by atoms with E-state index in [1.54, 1.807) is 37.5 Å². The molecule has 0 saturated heterocycles. The number of aromatic nitrogens is 2. The van der Waals surface area contributed by atoms with Crippen molar-refractivity contribution in [2.75, 3.05) is 19.1 Å². The molecule has 3 rings (SSSR count). The number of benzene rings is 1. The van der Waals surface area contributed by atoms with Crippen LogP contribution < -0.4 is 15.2 Å². The van der Waals surface area contributed by atoms with Crippen LogP contribution in [0.5, 0.6) is 5.88 Å². The number of pyridine rings is 2. The van der Waals surface area contributed by atoms with Crippen molar-refractivity contribution in [3.63, 3.8) is 0 Å². The average Bonchev–Trinajstić information content (AvgIpc) is 2.59. The summed E-state index contributed by atoms with van der Waals surface area (Å²) in [4.78, 5) is 32.8. The van der Waals surface area contributed by atoms with Crippen LogP contribution in [0.25, 0.3) is 10.9 Å². The fraction of sp³-hybridized carbons (Fsp3) is 0.118. The van der Waals surface area contributed by atoms with Crippen molar-refractivity contribution >= 4 is 22.5 Å². The molecule has 6 heteroatoms. The van der Waals surface area contributed by atoms with Crippen LogP contribution in [0.3, 0.4) is 0 Å². The van der Waals surface area contributed by atoms with E-state index in [2.05, 4.69) is 9.97 Å². The van der Waals surface area contributed by atoms with Gasteiger partial charge < -0.3 is 14.6 Å². The van der Waals surface area contributed by atoms with Crippen LogP contribution >= 0.6 is 0 Å². The third-order valence-corrected chi connectivity index (χ3v) is 3.60. The van der Waals surface area contributed by atoms with E-state index < -0.39 is 0 Å².